The molecule has 0 aliphatic heterocycles. The Labute approximate surface area is 391 Å². The van der Waals surface area contributed by atoms with Crippen LogP contribution in [-0.2, 0) is 32.7 Å². The lowest BCUT2D eigenvalue weighted by atomic mass is 10.0. The molecule has 0 bridgehead atoms. The number of carbonyl (C=O) groups excluding carboxylic acids is 2. The van der Waals surface area contributed by atoms with E-state index in [1.54, 1.807) is 0 Å². The Morgan fingerprint density at radius 3 is 1.02 bits per heavy atom. The van der Waals surface area contributed by atoms with Gasteiger partial charge in [-0.05, 0) is 12.8 Å². The third-order valence-corrected chi connectivity index (χ3v) is 13.3. The number of likely N-dealkylation sites (N-methyl/N-ethyl adjacent to an activating group) is 1. The number of phosphoric ester groups is 1. The fourth-order valence-corrected chi connectivity index (χ4v) is 8.86. The van der Waals surface area contributed by atoms with Crippen molar-refractivity contribution in [2.75, 3.05) is 47.5 Å². The van der Waals surface area contributed by atoms with Crippen molar-refractivity contribution < 1.29 is 42.1 Å². The van der Waals surface area contributed by atoms with Gasteiger partial charge in [0.05, 0.1) is 27.7 Å². The fraction of sp³-hybridized carbons (Fsp3) is 0.962. The average molecular weight is 916 g/mol. The zero-order chi connectivity index (χ0) is 46.4. The first-order valence-electron chi connectivity index (χ1n) is 27.2. The molecule has 2 atom stereocenters. The van der Waals surface area contributed by atoms with Gasteiger partial charge >= 0.3 is 11.9 Å². The highest BCUT2D eigenvalue weighted by Gasteiger charge is 2.22. The number of hydrogen-bond acceptors (Lipinski definition) is 8. The van der Waals surface area contributed by atoms with Crippen molar-refractivity contribution in [3.05, 3.63) is 0 Å². The van der Waals surface area contributed by atoms with Crippen molar-refractivity contribution in [2.24, 2.45) is 0 Å². The van der Waals surface area contributed by atoms with Crippen LogP contribution in [-0.4, -0.2) is 70.0 Å². The molecule has 0 fully saturated rings. The van der Waals surface area contributed by atoms with Gasteiger partial charge in [0.2, 0.25) is 0 Å². The molecular weight excluding hydrogens is 810 g/mol. The quantitative estimate of drug-likeness (QED) is 0.0257. The van der Waals surface area contributed by atoms with E-state index in [-0.39, 0.29) is 32.0 Å². The van der Waals surface area contributed by atoms with E-state index in [9.17, 15) is 19.0 Å². The number of unbranched alkanes of at least 4 members (excludes halogenated alkanes) is 37. The number of quaternary nitrogens is 1. The topological polar surface area (TPSA) is 111 Å². The number of hydrogen-bond donors (Lipinski definition) is 0. The SMILES string of the molecule is CCCCCCCCCCCCCCCCCCCCCCCCC(=O)OCC(COP(=O)([O-])OCC[N+](C)(C)C)OC(=O)CCCCCCCCCCCCCCCCCCC. The second-order valence-corrected chi connectivity index (χ2v) is 21.4. The van der Waals surface area contributed by atoms with Crippen LogP contribution in [0.1, 0.15) is 277 Å². The van der Waals surface area contributed by atoms with E-state index >= 15 is 0 Å². The molecule has 0 rings (SSSR count). The van der Waals surface area contributed by atoms with E-state index in [0.29, 0.717) is 17.4 Å². The summed E-state index contributed by atoms with van der Waals surface area (Å²) in [6, 6.07) is 0. The van der Waals surface area contributed by atoms with Gasteiger partial charge < -0.3 is 27.9 Å². The van der Waals surface area contributed by atoms with Crippen molar-refractivity contribution >= 4 is 19.8 Å². The van der Waals surface area contributed by atoms with E-state index in [0.717, 1.165) is 32.1 Å². The van der Waals surface area contributed by atoms with E-state index in [1.165, 1.54) is 212 Å². The van der Waals surface area contributed by atoms with Crippen molar-refractivity contribution in [2.45, 2.75) is 283 Å². The molecule has 0 aliphatic carbocycles. The third-order valence-electron chi connectivity index (χ3n) is 12.4. The number of phosphoric acid groups is 1. The summed E-state index contributed by atoms with van der Waals surface area (Å²) in [7, 11) is 1.19. The van der Waals surface area contributed by atoms with Gasteiger partial charge in [0.25, 0.3) is 7.82 Å². The minimum absolute atomic E-state index is 0.0252. The summed E-state index contributed by atoms with van der Waals surface area (Å²) in [5.74, 6) is -0.811. The summed E-state index contributed by atoms with van der Waals surface area (Å²) in [5.41, 5.74) is 0. The third kappa shape index (κ3) is 50.3. The summed E-state index contributed by atoms with van der Waals surface area (Å²) < 4.78 is 34.1. The molecule has 0 amide bonds. The molecule has 9 nitrogen and oxygen atoms in total. The van der Waals surface area contributed by atoms with Gasteiger partial charge in [0.15, 0.2) is 6.10 Å². The lowest BCUT2D eigenvalue weighted by molar-refractivity contribution is -0.870. The van der Waals surface area contributed by atoms with Crippen LogP contribution in [0.2, 0.25) is 0 Å². The highest BCUT2D eigenvalue weighted by Crippen LogP contribution is 2.38. The first-order valence-corrected chi connectivity index (χ1v) is 28.7. The molecule has 63 heavy (non-hydrogen) atoms. The van der Waals surface area contributed by atoms with Crippen molar-refractivity contribution in [1.82, 2.24) is 0 Å². The molecule has 0 N–H and O–H groups in total. The maximum absolute atomic E-state index is 12.7. The zero-order valence-electron chi connectivity index (χ0n) is 42.6. The van der Waals surface area contributed by atoms with Crippen molar-refractivity contribution in [3.63, 3.8) is 0 Å². The summed E-state index contributed by atoms with van der Waals surface area (Å²) in [6.07, 6.45) is 49.9. The number of esters is 2. The van der Waals surface area contributed by atoms with Gasteiger partial charge in [-0.2, -0.15) is 0 Å². The summed E-state index contributed by atoms with van der Waals surface area (Å²) in [6.45, 7) is 4.30. The van der Waals surface area contributed by atoms with Gasteiger partial charge in [-0.3, -0.25) is 14.2 Å². The smallest absolute Gasteiger partial charge is 0.306 e. The highest BCUT2D eigenvalue weighted by molar-refractivity contribution is 7.45. The summed E-state index contributed by atoms with van der Waals surface area (Å²) in [4.78, 5) is 37.8. The molecule has 0 aliphatic rings. The Kier molecular flexibility index (Phi) is 45.4. The van der Waals surface area contributed by atoms with E-state index in [1.807, 2.05) is 21.1 Å². The predicted molar refractivity (Wildman–Crippen MR) is 264 cm³/mol. The van der Waals surface area contributed by atoms with Gasteiger partial charge in [-0.15, -0.1) is 0 Å². The fourth-order valence-electron chi connectivity index (χ4n) is 8.13. The first-order chi connectivity index (χ1) is 30.5. The number of rotatable bonds is 51. The average Bonchev–Trinajstić information content (AvgIpc) is 3.24. The molecular formula is C53H106NO8P. The van der Waals surface area contributed by atoms with Gasteiger partial charge in [-0.1, -0.05) is 251 Å². The minimum Gasteiger partial charge on any atom is -0.756 e. The normalized spacial score (nSPS) is 13.3. The van der Waals surface area contributed by atoms with Crippen LogP contribution in [0.25, 0.3) is 0 Å². The van der Waals surface area contributed by atoms with Crippen molar-refractivity contribution in [1.29, 1.82) is 0 Å². The molecule has 0 saturated heterocycles. The Bertz CT molecular complexity index is 1040. The largest absolute Gasteiger partial charge is 0.756 e. The van der Waals surface area contributed by atoms with Gasteiger partial charge in [0.1, 0.15) is 19.8 Å². The number of nitrogens with zero attached hydrogens (tertiary/aromatic N) is 1. The molecule has 0 heterocycles. The molecule has 0 aromatic rings. The Morgan fingerprint density at radius 1 is 0.429 bits per heavy atom. The highest BCUT2D eigenvalue weighted by atomic mass is 31.2. The van der Waals surface area contributed by atoms with Crippen LogP contribution in [0.5, 0.6) is 0 Å². The molecule has 2 unspecified atom stereocenters. The number of ether oxygens (including phenoxy) is 2. The van der Waals surface area contributed by atoms with Crippen LogP contribution in [0.15, 0.2) is 0 Å². The van der Waals surface area contributed by atoms with Crippen LogP contribution in [0.4, 0.5) is 0 Å². The van der Waals surface area contributed by atoms with Crippen LogP contribution >= 0.6 is 7.82 Å². The zero-order valence-corrected chi connectivity index (χ0v) is 43.5. The Morgan fingerprint density at radius 2 is 0.714 bits per heavy atom. The van der Waals surface area contributed by atoms with Crippen LogP contribution in [0.3, 0.4) is 0 Å². The molecule has 0 radical (unpaired) electrons. The maximum atomic E-state index is 12.7. The van der Waals surface area contributed by atoms with E-state index < -0.39 is 26.5 Å². The molecule has 0 spiro atoms. The van der Waals surface area contributed by atoms with Crippen LogP contribution in [0, 0.1) is 0 Å². The lowest BCUT2D eigenvalue weighted by Gasteiger charge is -2.28. The van der Waals surface area contributed by atoms with E-state index in [2.05, 4.69) is 13.8 Å². The van der Waals surface area contributed by atoms with E-state index in [4.69, 9.17) is 18.5 Å². The van der Waals surface area contributed by atoms with Gasteiger partial charge in [-0.25, -0.2) is 0 Å². The summed E-state index contributed by atoms with van der Waals surface area (Å²) >= 11 is 0. The Hall–Kier alpha value is -0.990. The number of carbonyl (C=O) groups is 2. The molecule has 376 valence electrons. The molecule has 10 heteroatoms. The lowest BCUT2D eigenvalue weighted by Crippen LogP contribution is -2.37. The second kappa shape index (κ2) is 46.1. The first kappa shape index (κ1) is 62.0. The summed E-state index contributed by atoms with van der Waals surface area (Å²) in [5, 5.41) is 0. The molecule has 0 aromatic heterocycles. The molecule has 0 saturated carbocycles. The van der Waals surface area contributed by atoms with Crippen LogP contribution < -0.4 is 4.89 Å². The molecule has 0 aromatic carbocycles. The van der Waals surface area contributed by atoms with Gasteiger partial charge in [0, 0.05) is 12.8 Å². The minimum atomic E-state index is -4.62. The monoisotopic (exact) mass is 916 g/mol. The predicted octanol–water partition coefficient (Wildman–Crippen LogP) is 15.7. The second-order valence-electron chi connectivity index (χ2n) is 20.0. The maximum Gasteiger partial charge on any atom is 0.306 e. The van der Waals surface area contributed by atoms with Crippen molar-refractivity contribution in [3.8, 4) is 0 Å². The Balaban J connectivity index is 4.14. The standard InChI is InChI=1S/C53H106NO8P/c1-6-8-10-12-14-16-18-20-22-24-25-26-27-28-30-31-33-35-37-39-41-43-45-52(55)59-49-51(50-61-63(57,58)60-48-47-54(3,4)5)62-53(56)46-44-42-40-38-36-34-32-29-23-21-19-17-15-13-11-9-7-2/h51H,6-50H2,1-5H3.